The first-order valence-corrected chi connectivity index (χ1v) is 13.2. The van der Waals surface area contributed by atoms with Crippen LogP contribution in [-0.2, 0) is 6.54 Å². The molecule has 0 saturated heterocycles. The predicted octanol–water partition coefficient (Wildman–Crippen LogP) is 6.94. The third-order valence-electron chi connectivity index (χ3n) is 6.28. The number of amides is 1. The van der Waals surface area contributed by atoms with Gasteiger partial charge < -0.3 is 5.32 Å². The Labute approximate surface area is 227 Å². The van der Waals surface area contributed by atoms with Crippen molar-refractivity contribution in [3.05, 3.63) is 123 Å². The molecular formula is C30H21ClN4O2S. The summed E-state index contributed by atoms with van der Waals surface area (Å²) in [5, 5.41) is 5.09. The first-order valence-electron chi connectivity index (χ1n) is 12.0. The molecule has 38 heavy (non-hydrogen) atoms. The summed E-state index contributed by atoms with van der Waals surface area (Å²) in [6, 6.07) is 26.1. The highest BCUT2D eigenvalue weighted by Crippen LogP contribution is 2.31. The molecule has 3 aromatic heterocycles. The molecule has 0 radical (unpaired) electrons. The van der Waals surface area contributed by atoms with Gasteiger partial charge in [0, 0.05) is 27.9 Å². The van der Waals surface area contributed by atoms with Gasteiger partial charge >= 0.3 is 0 Å². The Hall–Kier alpha value is -4.33. The minimum atomic E-state index is -0.478. The Morgan fingerprint density at radius 1 is 1.00 bits per heavy atom. The number of carbonyl (C=O) groups is 1. The van der Waals surface area contributed by atoms with Gasteiger partial charge in [-0.1, -0.05) is 29.8 Å². The van der Waals surface area contributed by atoms with E-state index in [1.807, 2.05) is 48.5 Å². The Balaban J connectivity index is 1.29. The molecule has 1 N–H and O–H groups in total. The zero-order valence-electron chi connectivity index (χ0n) is 20.3. The molecule has 3 heterocycles. The van der Waals surface area contributed by atoms with Gasteiger partial charge in [0.2, 0.25) is 0 Å². The van der Waals surface area contributed by atoms with Gasteiger partial charge in [0.05, 0.1) is 16.8 Å². The van der Waals surface area contributed by atoms with E-state index >= 15 is 0 Å². The van der Waals surface area contributed by atoms with Crippen LogP contribution in [0.5, 0.6) is 0 Å². The van der Waals surface area contributed by atoms with Crippen molar-refractivity contribution in [3.63, 3.8) is 0 Å². The van der Waals surface area contributed by atoms with Crippen LogP contribution in [0.1, 0.15) is 21.5 Å². The number of hydrogen-bond donors (Lipinski definition) is 1. The van der Waals surface area contributed by atoms with Gasteiger partial charge in [0.25, 0.3) is 11.5 Å². The van der Waals surface area contributed by atoms with Crippen molar-refractivity contribution in [2.24, 2.45) is 0 Å². The first-order chi connectivity index (χ1) is 18.4. The summed E-state index contributed by atoms with van der Waals surface area (Å²) in [5.41, 5.74) is 4.74. The molecule has 6 aromatic rings. The van der Waals surface area contributed by atoms with Crippen LogP contribution in [0.25, 0.3) is 31.8 Å². The monoisotopic (exact) mass is 536 g/mol. The Morgan fingerprint density at radius 2 is 1.79 bits per heavy atom. The largest absolute Gasteiger partial charge is 0.322 e. The predicted molar refractivity (Wildman–Crippen MR) is 154 cm³/mol. The summed E-state index contributed by atoms with van der Waals surface area (Å²) in [6.45, 7) is 2.33. The molecule has 0 aliphatic rings. The van der Waals surface area contributed by atoms with Crippen molar-refractivity contribution >= 4 is 55.8 Å². The molecule has 186 valence electrons. The van der Waals surface area contributed by atoms with Crippen LogP contribution < -0.4 is 10.9 Å². The molecule has 6 rings (SSSR count). The lowest BCUT2D eigenvalue weighted by molar-refractivity contribution is 0.102. The number of fused-ring (bicyclic) bond motifs is 2. The Kier molecular flexibility index (Phi) is 6.23. The zero-order valence-corrected chi connectivity index (χ0v) is 21.9. The molecule has 0 saturated carbocycles. The van der Waals surface area contributed by atoms with Gasteiger partial charge in [0.15, 0.2) is 0 Å². The van der Waals surface area contributed by atoms with Crippen molar-refractivity contribution < 1.29 is 4.79 Å². The lowest BCUT2D eigenvalue weighted by Crippen LogP contribution is -2.30. The zero-order chi connectivity index (χ0) is 26.2. The van der Waals surface area contributed by atoms with E-state index in [4.69, 9.17) is 16.6 Å². The molecule has 0 spiro atoms. The second-order valence-corrected chi connectivity index (χ2v) is 10.5. The van der Waals surface area contributed by atoms with Crippen LogP contribution in [0.2, 0.25) is 5.02 Å². The van der Waals surface area contributed by atoms with Gasteiger partial charge in [-0.3, -0.25) is 14.2 Å². The quantitative estimate of drug-likeness (QED) is 0.259. The first kappa shape index (κ1) is 24.0. The second kappa shape index (κ2) is 9.85. The number of halogens is 1. The summed E-state index contributed by atoms with van der Waals surface area (Å²) in [4.78, 5) is 35.8. The van der Waals surface area contributed by atoms with Crippen LogP contribution in [0, 0.1) is 6.92 Å². The maximum atomic E-state index is 13.5. The molecular weight excluding hydrogens is 516 g/mol. The lowest BCUT2D eigenvalue weighted by atomic mass is 10.1. The molecule has 6 nitrogen and oxygen atoms in total. The van der Waals surface area contributed by atoms with Crippen molar-refractivity contribution in [3.8, 4) is 10.6 Å². The third-order valence-corrected chi connectivity index (χ3v) is 7.60. The van der Waals surface area contributed by atoms with Gasteiger partial charge in [0.1, 0.15) is 16.2 Å². The maximum absolute atomic E-state index is 13.5. The van der Waals surface area contributed by atoms with Crippen LogP contribution in [0.15, 0.2) is 95.9 Å². The van der Waals surface area contributed by atoms with E-state index in [1.165, 1.54) is 10.1 Å². The third kappa shape index (κ3) is 4.69. The van der Waals surface area contributed by atoms with Crippen molar-refractivity contribution in [2.75, 3.05) is 5.32 Å². The number of aryl methyl sites for hydroxylation is 1. The number of carbonyl (C=O) groups excluding carboxylic acids is 1. The van der Waals surface area contributed by atoms with Crippen molar-refractivity contribution in [2.45, 2.75) is 13.5 Å². The summed E-state index contributed by atoms with van der Waals surface area (Å²) >= 11 is 7.65. The number of rotatable bonds is 5. The summed E-state index contributed by atoms with van der Waals surface area (Å²) in [6.07, 6.45) is 1.63. The number of pyridine rings is 2. The number of aromatic nitrogens is 3. The van der Waals surface area contributed by atoms with E-state index < -0.39 is 11.5 Å². The second-order valence-electron chi connectivity index (χ2n) is 9.01. The topological polar surface area (TPSA) is 76.9 Å². The average molecular weight is 537 g/mol. The van der Waals surface area contributed by atoms with E-state index in [-0.39, 0.29) is 12.1 Å². The molecule has 0 fully saturated rings. The average Bonchev–Trinajstić information content (AvgIpc) is 3.35. The highest BCUT2D eigenvalue weighted by Gasteiger charge is 2.17. The van der Waals surface area contributed by atoms with Crippen LogP contribution in [-0.4, -0.2) is 20.4 Å². The Morgan fingerprint density at radius 3 is 2.58 bits per heavy atom. The molecule has 0 aliphatic carbocycles. The van der Waals surface area contributed by atoms with Crippen LogP contribution >= 0.6 is 22.9 Å². The van der Waals surface area contributed by atoms with Crippen LogP contribution in [0.3, 0.4) is 0 Å². The molecule has 3 aromatic carbocycles. The minimum Gasteiger partial charge on any atom is -0.322 e. The van der Waals surface area contributed by atoms with Crippen LogP contribution in [0.4, 0.5) is 5.69 Å². The Bertz CT molecular complexity index is 1880. The van der Waals surface area contributed by atoms with E-state index in [1.54, 1.807) is 41.8 Å². The van der Waals surface area contributed by atoms with E-state index in [2.05, 4.69) is 29.4 Å². The number of thiazole rings is 1. The smallest absolute Gasteiger partial charge is 0.265 e. The van der Waals surface area contributed by atoms with E-state index in [0.29, 0.717) is 21.7 Å². The van der Waals surface area contributed by atoms with Gasteiger partial charge in [-0.2, -0.15) is 0 Å². The fourth-order valence-corrected chi connectivity index (χ4v) is 5.53. The summed E-state index contributed by atoms with van der Waals surface area (Å²) in [5.74, 6) is -0.478. The molecule has 0 aliphatic heterocycles. The molecule has 8 heteroatoms. The molecule has 1 amide bonds. The number of anilines is 1. The van der Waals surface area contributed by atoms with E-state index in [9.17, 15) is 9.59 Å². The highest BCUT2D eigenvalue weighted by atomic mass is 35.5. The fraction of sp³-hybridized carbons (Fsp3) is 0.0667. The molecule has 0 unspecified atom stereocenters. The normalized spacial score (nSPS) is 11.2. The number of benzene rings is 3. The number of hydrogen-bond acceptors (Lipinski definition) is 5. The standard InChI is InChI=1S/C30H21ClN4O2S/c1-18-4-13-25-26(15-18)38-29(34-25)20-7-11-23(12-8-20)33-28(36)24-16-21-3-2-14-32-27(21)35(30(24)37)17-19-5-9-22(31)10-6-19/h2-16H,17H2,1H3,(H,33,36). The van der Waals surface area contributed by atoms with E-state index in [0.717, 1.165) is 26.4 Å². The minimum absolute atomic E-state index is 0.0464. The van der Waals surface area contributed by atoms with Gasteiger partial charge in [-0.15, -0.1) is 11.3 Å². The number of nitrogens with zero attached hydrogens (tertiary/aromatic N) is 3. The van der Waals surface area contributed by atoms with Gasteiger partial charge in [-0.05, 0) is 84.8 Å². The fourth-order valence-electron chi connectivity index (χ4n) is 4.34. The van der Waals surface area contributed by atoms with Gasteiger partial charge in [-0.25, -0.2) is 9.97 Å². The lowest BCUT2D eigenvalue weighted by Gasteiger charge is -2.13. The summed E-state index contributed by atoms with van der Waals surface area (Å²) < 4.78 is 2.66. The highest BCUT2D eigenvalue weighted by molar-refractivity contribution is 7.21. The van der Waals surface area contributed by atoms with Crippen molar-refractivity contribution in [1.29, 1.82) is 0 Å². The maximum Gasteiger partial charge on any atom is 0.265 e. The summed E-state index contributed by atoms with van der Waals surface area (Å²) in [7, 11) is 0. The molecule has 0 atom stereocenters. The van der Waals surface area contributed by atoms with Crippen molar-refractivity contribution in [1.82, 2.24) is 14.5 Å². The SMILES string of the molecule is Cc1ccc2nc(-c3ccc(NC(=O)c4cc5cccnc5n(Cc5ccc(Cl)cc5)c4=O)cc3)sc2c1. The molecule has 0 bridgehead atoms. The number of nitrogens with one attached hydrogen (secondary N) is 1.